The summed E-state index contributed by atoms with van der Waals surface area (Å²) in [7, 11) is 2.98. The van der Waals surface area contributed by atoms with Gasteiger partial charge >= 0.3 is 0 Å². The van der Waals surface area contributed by atoms with E-state index in [-0.39, 0.29) is 17.4 Å². The maximum atomic E-state index is 13.4. The zero-order chi connectivity index (χ0) is 30.8. The number of ether oxygens (including phenoxy) is 2. The molecule has 0 heterocycles. The summed E-state index contributed by atoms with van der Waals surface area (Å²) >= 11 is 7.50. The van der Waals surface area contributed by atoms with Crippen molar-refractivity contribution >= 4 is 58.5 Å². The second-order valence-corrected chi connectivity index (χ2v) is 10.8. The van der Waals surface area contributed by atoms with Gasteiger partial charge in [-0.05, 0) is 55.0 Å². The summed E-state index contributed by atoms with van der Waals surface area (Å²) in [5, 5.41) is 8.73. The third-order valence-electron chi connectivity index (χ3n) is 6.13. The smallest absolute Gasteiger partial charge is 0.272 e. The molecule has 4 aromatic carbocycles. The lowest BCUT2D eigenvalue weighted by Crippen LogP contribution is -2.30. The number of hydrogen-bond donors (Lipinski definition) is 3. The van der Waals surface area contributed by atoms with Crippen molar-refractivity contribution in [3.63, 3.8) is 0 Å². The van der Waals surface area contributed by atoms with Gasteiger partial charge < -0.3 is 25.4 Å². The summed E-state index contributed by atoms with van der Waals surface area (Å²) in [5.74, 6) is -0.228. The van der Waals surface area contributed by atoms with Gasteiger partial charge in [-0.2, -0.15) is 0 Å². The van der Waals surface area contributed by atoms with Crippen molar-refractivity contribution in [2.45, 2.75) is 11.8 Å². The summed E-state index contributed by atoms with van der Waals surface area (Å²) in [5.41, 5.74) is 3.27. The quantitative estimate of drug-likeness (QED) is 0.126. The number of carbonyl (C=O) groups is 3. The van der Waals surface area contributed by atoms with Gasteiger partial charge in [-0.3, -0.25) is 14.4 Å². The van der Waals surface area contributed by atoms with Crippen molar-refractivity contribution < 1.29 is 23.9 Å². The third kappa shape index (κ3) is 8.88. The van der Waals surface area contributed by atoms with E-state index in [0.29, 0.717) is 33.5 Å². The number of aryl methyl sites for hydroxylation is 1. The Balaban J connectivity index is 1.44. The first-order valence-electron chi connectivity index (χ1n) is 13.2. The predicted molar refractivity (Wildman–Crippen MR) is 172 cm³/mol. The Morgan fingerprint density at radius 3 is 2.26 bits per heavy atom. The molecular weight excluding hydrogens is 586 g/mol. The van der Waals surface area contributed by atoms with E-state index in [2.05, 4.69) is 16.0 Å². The van der Waals surface area contributed by atoms with E-state index < -0.39 is 11.8 Å². The summed E-state index contributed by atoms with van der Waals surface area (Å²) in [6.07, 6.45) is 1.62. The minimum atomic E-state index is -0.492. The van der Waals surface area contributed by atoms with Crippen molar-refractivity contribution in [2.75, 3.05) is 30.6 Å². The van der Waals surface area contributed by atoms with Crippen LogP contribution in [0.3, 0.4) is 0 Å². The molecule has 0 aliphatic carbocycles. The number of anilines is 2. The highest BCUT2D eigenvalue weighted by Gasteiger charge is 2.16. The molecule has 8 nitrogen and oxygen atoms in total. The average Bonchev–Trinajstić information content (AvgIpc) is 3.01. The number of amides is 3. The van der Waals surface area contributed by atoms with E-state index in [4.69, 9.17) is 21.1 Å². The molecule has 4 aromatic rings. The standard InChI is InChI=1S/C33H30ClN3O5S/c1-21-12-14-22(15-13-21)16-28(37-32(39)23-8-5-4-6-9-23)33(40)35-24-10-7-11-25(17-24)43-20-31(38)36-27-18-26(34)29(41-2)19-30(27)42-3/h4-19H,20H2,1-3H3,(H,35,40)(H,36,38)(H,37,39)/b28-16+. The lowest BCUT2D eigenvalue weighted by atomic mass is 10.1. The first-order chi connectivity index (χ1) is 20.7. The van der Waals surface area contributed by atoms with Crippen molar-refractivity contribution in [1.29, 1.82) is 0 Å². The van der Waals surface area contributed by atoms with Crippen LogP contribution in [-0.2, 0) is 9.59 Å². The summed E-state index contributed by atoms with van der Waals surface area (Å²) in [4.78, 5) is 39.7. The van der Waals surface area contributed by atoms with Crippen molar-refractivity contribution in [3.05, 3.63) is 118 Å². The molecule has 0 saturated heterocycles. The lowest BCUT2D eigenvalue weighted by Gasteiger charge is -2.13. The van der Waals surface area contributed by atoms with Crippen LogP contribution in [0, 0.1) is 6.92 Å². The van der Waals surface area contributed by atoms with Crippen LogP contribution in [0.4, 0.5) is 11.4 Å². The summed E-state index contributed by atoms with van der Waals surface area (Å²) in [6.45, 7) is 1.97. The SMILES string of the molecule is COc1cc(OC)c(NC(=O)CSc2cccc(NC(=O)/C(=C\c3ccc(C)cc3)NC(=O)c3ccccc3)c2)cc1Cl. The van der Waals surface area contributed by atoms with E-state index in [1.54, 1.807) is 60.7 Å². The Labute approximate surface area is 259 Å². The van der Waals surface area contributed by atoms with Gasteiger partial charge in [-0.25, -0.2) is 0 Å². The highest BCUT2D eigenvalue weighted by atomic mass is 35.5. The maximum Gasteiger partial charge on any atom is 0.272 e. The van der Waals surface area contributed by atoms with Crippen LogP contribution < -0.4 is 25.4 Å². The summed E-state index contributed by atoms with van der Waals surface area (Å²) in [6, 6.07) is 26.5. The number of thioether (sulfide) groups is 1. The Morgan fingerprint density at radius 2 is 1.56 bits per heavy atom. The molecule has 220 valence electrons. The zero-order valence-corrected chi connectivity index (χ0v) is 25.3. The van der Waals surface area contributed by atoms with Crippen LogP contribution in [0.25, 0.3) is 6.08 Å². The first-order valence-corrected chi connectivity index (χ1v) is 14.5. The van der Waals surface area contributed by atoms with E-state index >= 15 is 0 Å². The van der Waals surface area contributed by atoms with Crippen LogP contribution in [0.2, 0.25) is 5.02 Å². The fourth-order valence-corrected chi connectivity index (χ4v) is 4.92. The predicted octanol–water partition coefficient (Wildman–Crippen LogP) is 6.81. The van der Waals surface area contributed by atoms with Crippen LogP contribution in [0.15, 0.2) is 102 Å². The van der Waals surface area contributed by atoms with Crippen molar-refractivity contribution in [2.24, 2.45) is 0 Å². The number of methoxy groups -OCH3 is 2. The van der Waals surface area contributed by atoms with Crippen LogP contribution >= 0.6 is 23.4 Å². The number of halogens is 1. The number of hydrogen-bond acceptors (Lipinski definition) is 6. The second-order valence-electron chi connectivity index (χ2n) is 9.29. The molecule has 0 radical (unpaired) electrons. The molecule has 0 fully saturated rings. The van der Waals surface area contributed by atoms with Gasteiger partial charge in [0.05, 0.1) is 30.7 Å². The molecule has 0 unspecified atom stereocenters. The Hall–Kier alpha value is -4.73. The molecule has 0 aliphatic heterocycles. The molecule has 0 aliphatic rings. The normalized spacial score (nSPS) is 10.9. The van der Waals surface area contributed by atoms with Gasteiger partial charge in [0, 0.05) is 22.2 Å². The largest absolute Gasteiger partial charge is 0.495 e. The van der Waals surface area contributed by atoms with Crippen molar-refractivity contribution in [3.8, 4) is 11.5 Å². The van der Waals surface area contributed by atoms with E-state index in [1.165, 1.54) is 26.0 Å². The Morgan fingerprint density at radius 1 is 0.837 bits per heavy atom. The molecule has 3 N–H and O–H groups in total. The van der Waals surface area contributed by atoms with Gasteiger partial charge in [0.25, 0.3) is 11.8 Å². The number of nitrogens with one attached hydrogen (secondary N) is 3. The average molecular weight is 616 g/mol. The highest BCUT2D eigenvalue weighted by molar-refractivity contribution is 8.00. The molecule has 10 heteroatoms. The van der Waals surface area contributed by atoms with E-state index in [1.807, 2.05) is 43.3 Å². The first kappa shape index (κ1) is 31.2. The van der Waals surface area contributed by atoms with Crippen LogP contribution in [0.1, 0.15) is 21.5 Å². The maximum absolute atomic E-state index is 13.4. The van der Waals surface area contributed by atoms with Crippen LogP contribution in [0.5, 0.6) is 11.5 Å². The third-order valence-corrected chi connectivity index (χ3v) is 7.42. The van der Waals surface area contributed by atoms with Crippen LogP contribution in [-0.4, -0.2) is 37.7 Å². The van der Waals surface area contributed by atoms with Gasteiger partial charge in [0.15, 0.2) is 0 Å². The molecule has 0 atom stereocenters. The molecular formula is C33H30ClN3O5S. The molecule has 0 bridgehead atoms. The summed E-state index contributed by atoms with van der Waals surface area (Å²) < 4.78 is 10.5. The molecule has 0 saturated carbocycles. The highest BCUT2D eigenvalue weighted by Crippen LogP contribution is 2.36. The number of carbonyl (C=O) groups excluding carboxylic acids is 3. The number of rotatable bonds is 11. The van der Waals surface area contributed by atoms with Gasteiger partial charge in [0.2, 0.25) is 5.91 Å². The Kier molecular flexibility index (Phi) is 10.9. The fourth-order valence-electron chi connectivity index (χ4n) is 3.93. The minimum Gasteiger partial charge on any atom is -0.495 e. The van der Waals surface area contributed by atoms with E-state index in [9.17, 15) is 14.4 Å². The molecule has 43 heavy (non-hydrogen) atoms. The molecule has 0 aromatic heterocycles. The lowest BCUT2D eigenvalue weighted by molar-refractivity contribution is -0.114. The molecule has 4 rings (SSSR count). The molecule has 0 spiro atoms. The van der Waals surface area contributed by atoms with Gasteiger partial charge in [-0.15, -0.1) is 11.8 Å². The van der Waals surface area contributed by atoms with E-state index in [0.717, 1.165) is 16.0 Å². The number of benzene rings is 4. The zero-order valence-electron chi connectivity index (χ0n) is 23.8. The monoisotopic (exact) mass is 615 g/mol. The second kappa shape index (κ2) is 14.9. The topological polar surface area (TPSA) is 106 Å². The minimum absolute atomic E-state index is 0.0854. The molecule has 3 amide bonds. The van der Waals surface area contributed by atoms with Gasteiger partial charge in [-0.1, -0.05) is 65.7 Å². The van der Waals surface area contributed by atoms with Crippen molar-refractivity contribution in [1.82, 2.24) is 5.32 Å². The Bertz CT molecular complexity index is 1640. The van der Waals surface area contributed by atoms with Gasteiger partial charge in [0.1, 0.15) is 17.2 Å². The fraction of sp³-hybridized carbons (Fsp3) is 0.121.